The van der Waals surface area contributed by atoms with Gasteiger partial charge >= 0.3 is 0 Å². The smallest absolute Gasteiger partial charge is 0.146 e. The average molecular weight is 348 g/mol. The zero-order valence-corrected chi connectivity index (χ0v) is 15.3. The Hall–Kier alpha value is -3.02. The molecule has 0 spiro atoms. The number of rotatable bonds is 8. The molecule has 0 fully saturated rings. The molecule has 0 saturated carbocycles. The van der Waals surface area contributed by atoms with Crippen molar-refractivity contribution in [1.29, 1.82) is 0 Å². The Balaban J connectivity index is 1.74. The molecule has 0 saturated heterocycles. The van der Waals surface area contributed by atoms with Gasteiger partial charge in [0, 0.05) is 26.2 Å². The summed E-state index contributed by atoms with van der Waals surface area (Å²) in [5.41, 5.74) is 1.30. The van der Waals surface area contributed by atoms with Crippen molar-refractivity contribution < 1.29 is 0 Å². The highest BCUT2D eigenvalue weighted by Crippen LogP contribution is 2.14. The molecular weight excluding hydrogens is 324 g/mol. The molecule has 1 aromatic carbocycles. The molecule has 0 radical (unpaired) electrons. The second-order valence-electron chi connectivity index (χ2n) is 6.07. The molecule has 0 aliphatic heterocycles. The average Bonchev–Trinajstić information content (AvgIpc) is 3.09. The molecule has 6 heteroatoms. The highest BCUT2D eigenvalue weighted by atomic mass is 15.3. The van der Waals surface area contributed by atoms with Crippen molar-refractivity contribution in [3.05, 3.63) is 78.3 Å². The Labute approximate surface area is 154 Å². The van der Waals surface area contributed by atoms with Crippen LogP contribution in [0.3, 0.4) is 0 Å². The third-order valence-electron chi connectivity index (χ3n) is 4.19. The molecule has 2 aromatic heterocycles. The van der Waals surface area contributed by atoms with Gasteiger partial charge in [-0.15, -0.1) is 0 Å². The predicted octanol–water partition coefficient (Wildman–Crippen LogP) is 2.97. The second kappa shape index (κ2) is 8.89. The Morgan fingerprint density at radius 2 is 1.92 bits per heavy atom. The first-order valence-electron chi connectivity index (χ1n) is 8.81. The van der Waals surface area contributed by atoms with Gasteiger partial charge in [-0.1, -0.05) is 42.5 Å². The number of anilines is 1. The third kappa shape index (κ3) is 4.75. The first-order valence-corrected chi connectivity index (χ1v) is 8.81. The number of aryl methyl sites for hydroxylation is 3. The normalized spacial score (nSPS) is 11.2. The van der Waals surface area contributed by atoms with Crippen LogP contribution in [0.5, 0.6) is 0 Å². The maximum Gasteiger partial charge on any atom is 0.146 e. The van der Waals surface area contributed by atoms with Crippen molar-refractivity contribution >= 4 is 5.82 Å². The number of nitrogens with zero attached hydrogens (tertiary/aromatic N) is 6. The fourth-order valence-electron chi connectivity index (χ4n) is 2.69. The van der Waals surface area contributed by atoms with Crippen LogP contribution in [0.4, 0.5) is 5.82 Å². The van der Waals surface area contributed by atoms with Gasteiger partial charge in [0.15, 0.2) is 0 Å². The fourth-order valence-corrected chi connectivity index (χ4v) is 2.69. The first kappa shape index (κ1) is 17.8. The van der Waals surface area contributed by atoms with Crippen LogP contribution in [0.15, 0.2) is 61.1 Å². The zero-order valence-electron chi connectivity index (χ0n) is 15.3. The molecule has 0 unspecified atom stereocenters. The Morgan fingerprint density at radius 1 is 1.08 bits per heavy atom. The molecule has 0 amide bonds. The standard InChI is InChI=1S/C20H24N6/c1-3-4-14-26(15-20-22-16-23-25(20)2)19-12-13-21-18(24-19)11-10-17-8-6-5-7-9-17/h3-9,12-13,16H,10-11,14-15H2,1-2H3/b4-3+. The molecule has 26 heavy (non-hydrogen) atoms. The van der Waals surface area contributed by atoms with Gasteiger partial charge < -0.3 is 4.90 Å². The molecule has 2 heterocycles. The van der Waals surface area contributed by atoms with Gasteiger partial charge in [0.2, 0.25) is 0 Å². The van der Waals surface area contributed by atoms with Gasteiger partial charge in [-0.25, -0.2) is 15.0 Å². The van der Waals surface area contributed by atoms with Crippen molar-refractivity contribution in [2.24, 2.45) is 7.05 Å². The summed E-state index contributed by atoms with van der Waals surface area (Å²) in [6, 6.07) is 12.4. The number of allylic oxidation sites excluding steroid dienone is 1. The molecule has 0 aliphatic rings. The van der Waals surface area contributed by atoms with Crippen LogP contribution in [-0.2, 0) is 26.4 Å². The van der Waals surface area contributed by atoms with Gasteiger partial charge in [0.1, 0.15) is 23.8 Å². The topological polar surface area (TPSA) is 59.7 Å². The van der Waals surface area contributed by atoms with E-state index in [1.807, 2.05) is 38.4 Å². The van der Waals surface area contributed by atoms with Crippen LogP contribution in [-0.4, -0.2) is 31.3 Å². The van der Waals surface area contributed by atoms with Crippen LogP contribution < -0.4 is 4.90 Å². The van der Waals surface area contributed by atoms with E-state index >= 15 is 0 Å². The molecule has 6 nitrogen and oxygen atoms in total. The minimum absolute atomic E-state index is 0.649. The first-order chi connectivity index (χ1) is 12.8. The van der Waals surface area contributed by atoms with Gasteiger partial charge in [0.05, 0.1) is 6.54 Å². The van der Waals surface area contributed by atoms with Gasteiger partial charge in [-0.2, -0.15) is 5.10 Å². The zero-order chi connectivity index (χ0) is 18.2. The summed E-state index contributed by atoms with van der Waals surface area (Å²) in [6.45, 7) is 3.43. The molecule has 0 N–H and O–H groups in total. The number of hydrogen-bond donors (Lipinski definition) is 0. The summed E-state index contributed by atoms with van der Waals surface area (Å²) >= 11 is 0. The van der Waals surface area contributed by atoms with Crippen molar-refractivity contribution in [3.63, 3.8) is 0 Å². The van der Waals surface area contributed by atoms with E-state index in [2.05, 4.69) is 50.3 Å². The summed E-state index contributed by atoms with van der Waals surface area (Å²) in [4.78, 5) is 15.7. The molecule has 3 rings (SSSR count). The van der Waals surface area contributed by atoms with E-state index in [1.165, 1.54) is 5.56 Å². The third-order valence-corrected chi connectivity index (χ3v) is 4.19. The van der Waals surface area contributed by atoms with E-state index < -0.39 is 0 Å². The largest absolute Gasteiger partial charge is 0.345 e. The van der Waals surface area contributed by atoms with E-state index in [0.717, 1.165) is 36.9 Å². The van der Waals surface area contributed by atoms with Crippen molar-refractivity contribution in [1.82, 2.24) is 24.7 Å². The van der Waals surface area contributed by atoms with E-state index in [1.54, 1.807) is 11.0 Å². The lowest BCUT2D eigenvalue weighted by Crippen LogP contribution is -2.26. The quantitative estimate of drug-likeness (QED) is 0.586. The van der Waals surface area contributed by atoms with E-state index in [4.69, 9.17) is 4.98 Å². The van der Waals surface area contributed by atoms with Crippen LogP contribution >= 0.6 is 0 Å². The van der Waals surface area contributed by atoms with Crippen LogP contribution in [0.1, 0.15) is 24.1 Å². The Morgan fingerprint density at radius 3 is 2.65 bits per heavy atom. The lowest BCUT2D eigenvalue weighted by atomic mass is 10.1. The summed E-state index contributed by atoms with van der Waals surface area (Å²) < 4.78 is 1.79. The maximum absolute atomic E-state index is 4.77. The van der Waals surface area contributed by atoms with E-state index in [-0.39, 0.29) is 0 Å². The number of aromatic nitrogens is 5. The molecule has 134 valence electrons. The molecule has 3 aromatic rings. The Kier molecular flexibility index (Phi) is 6.09. The highest BCUT2D eigenvalue weighted by molar-refractivity contribution is 5.38. The maximum atomic E-state index is 4.77. The summed E-state index contributed by atoms with van der Waals surface area (Å²) in [5.74, 6) is 2.66. The molecule has 0 atom stereocenters. The highest BCUT2D eigenvalue weighted by Gasteiger charge is 2.12. The minimum Gasteiger partial charge on any atom is -0.345 e. The summed E-state index contributed by atoms with van der Waals surface area (Å²) in [5, 5.41) is 4.15. The van der Waals surface area contributed by atoms with Crippen LogP contribution in [0.2, 0.25) is 0 Å². The lowest BCUT2D eigenvalue weighted by molar-refractivity contribution is 0.675. The monoisotopic (exact) mass is 348 g/mol. The van der Waals surface area contributed by atoms with Crippen LogP contribution in [0.25, 0.3) is 0 Å². The van der Waals surface area contributed by atoms with E-state index in [9.17, 15) is 0 Å². The lowest BCUT2D eigenvalue weighted by Gasteiger charge is -2.22. The van der Waals surface area contributed by atoms with Gasteiger partial charge in [-0.05, 0) is 25.0 Å². The van der Waals surface area contributed by atoms with E-state index in [0.29, 0.717) is 6.54 Å². The number of hydrogen-bond acceptors (Lipinski definition) is 5. The number of benzene rings is 1. The summed E-state index contributed by atoms with van der Waals surface area (Å²) in [6.07, 6.45) is 9.32. The summed E-state index contributed by atoms with van der Waals surface area (Å²) in [7, 11) is 1.90. The second-order valence-corrected chi connectivity index (χ2v) is 6.07. The van der Waals surface area contributed by atoms with Gasteiger partial charge in [-0.3, -0.25) is 4.68 Å². The Bertz CT molecular complexity index is 840. The fraction of sp³-hybridized carbons (Fsp3) is 0.300. The molecule has 0 bridgehead atoms. The SMILES string of the molecule is C/C=C/CN(Cc1ncnn1C)c1ccnc(CCc2ccccc2)n1. The predicted molar refractivity (Wildman–Crippen MR) is 103 cm³/mol. The van der Waals surface area contributed by atoms with Crippen molar-refractivity contribution in [3.8, 4) is 0 Å². The molecular formula is C20H24N6. The van der Waals surface area contributed by atoms with Crippen molar-refractivity contribution in [2.75, 3.05) is 11.4 Å². The molecule has 0 aliphatic carbocycles. The van der Waals surface area contributed by atoms with Crippen LogP contribution in [0, 0.1) is 0 Å². The van der Waals surface area contributed by atoms with Crippen molar-refractivity contribution in [2.45, 2.75) is 26.3 Å². The minimum atomic E-state index is 0.649. The van der Waals surface area contributed by atoms with Gasteiger partial charge in [0.25, 0.3) is 0 Å².